The third kappa shape index (κ3) is 2.13. The average Bonchev–Trinajstić information content (AvgIpc) is 3.55. The van der Waals surface area contributed by atoms with Crippen LogP contribution >= 0.6 is 0 Å². The zero-order valence-corrected chi connectivity index (χ0v) is 21.3. The molecule has 0 bridgehead atoms. The first-order valence-electron chi connectivity index (χ1n) is 12.8. The second-order valence-electron chi connectivity index (χ2n) is 12.5. The largest absolute Gasteiger partial charge is 0.456 e. The molecular formula is C27H29FO10. The molecule has 7 rings (SSSR count). The summed E-state index contributed by atoms with van der Waals surface area (Å²) < 4.78 is 46.0. The molecule has 2 aliphatic carbocycles. The standard InChI is InChI=1S/C27H29FO10/c1-11-19(30)35-17-15(29)25-16-13(28)14(23(2,3)4)24(25)18(34-10-12-8-6-5-7-9-12)20(31)37-22(24)38-27(25,21(32)36-16)26(11,17)33/h5-9,11,13-18,22,29,33H,10H2,1-4H3/t11-,13+,14+,15+,16-,17+,18+,22+,24-,25+,26-,27-/m1/s1. The zero-order chi connectivity index (χ0) is 27.2. The van der Waals surface area contributed by atoms with Crippen molar-refractivity contribution < 1.29 is 52.7 Å². The minimum absolute atomic E-state index is 0.0549. The predicted octanol–water partition coefficient (Wildman–Crippen LogP) is 0.803. The predicted molar refractivity (Wildman–Crippen MR) is 121 cm³/mol. The molecule has 11 heteroatoms. The highest BCUT2D eigenvalue weighted by Gasteiger charge is 3.05. The Kier molecular flexibility index (Phi) is 4.46. The monoisotopic (exact) mass is 532 g/mol. The fourth-order valence-corrected chi connectivity index (χ4v) is 9.12. The van der Waals surface area contributed by atoms with E-state index in [-0.39, 0.29) is 6.61 Å². The highest BCUT2D eigenvalue weighted by Crippen LogP contribution is 2.85. The fourth-order valence-electron chi connectivity index (χ4n) is 9.12. The van der Waals surface area contributed by atoms with Crippen LogP contribution in [0.2, 0.25) is 0 Å². The number of rotatable bonds is 3. The summed E-state index contributed by atoms with van der Waals surface area (Å²) in [5, 5.41) is 24.2. The number of carbonyl (C=O) groups excluding carboxylic acids is 3. The lowest BCUT2D eigenvalue weighted by atomic mass is 9.51. The maximum absolute atomic E-state index is 16.8. The normalized spacial score (nSPS) is 51.8. The van der Waals surface area contributed by atoms with Crippen LogP contribution in [0.3, 0.4) is 0 Å². The quantitative estimate of drug-likeness (QED) is 0.425. The van der Waals surface area contributed by atoms with Crippen molar-refractivity contribution in [3.63, 3.8) is 0 Å². The Hall–Kier alpha value is -2.60. The van der Waals surface area contributed by atoms with Crippen molar-refractivity contribution in [2.75, 3.05) is 0 Å². The lowest BCUT2D eigenvalue weighted by Crippen LogP contribution is -2.67. The molecule has 0 radical (unpaired) electrons. The molecule has 4 aliphatic heterocycles. The molecule has 1 aromatic carbocycles. The van der Waals surface area contributed by atoms with Crippen LogP contribution in [0.5, 0.6) is 0 Å². The van der Waals surface area contributed by atoms with Gasteiger partial charge in [0.05, 0.1) is 23.4 Å². The molecule has 4 heterocycles. The minimum Gasteiger partial charge on any atom is -0.456 e. The van der Waals surface area contributed by atoms with Gasteiger partial charge in [0.15, 0.2) is 17.8 Å². The average molecular weight is 533 g/mol. The van der Waals surface area contributed by atoms with E-state index >= 15 is 4.39 Å². The molecule has 0 amide bonds. The number of alkyl halides is 1. The number of fused-ring (bicyclic) bond motifs is 1. The van der Waals surface area contributed by atoms with E-state index in [1.54, 1.807) is 45.0 Å². The maximum Gasteiger partial charge on any atom is 0.343 e. The molecule has 38 heavy (non-hydrogen) atoms. The molecule has 10 nitrogen and oxygen atoms in total. The third-order valence-electron chi connectivity index (χ3n) is 10.1. The minimum atomic E-state index is -2.44. The number of carbonyl (C=O) groups is 3. The Morgan fingerprint density at radius 1 is 1.03 bits per heavy atom. The summed E-state index contributed by atoms with van der Waals surface area (Å²) >= 11 is 0. The van der Waals surface area contributed by atoms with E-state index < -0.39 is 94.1 Å². The van der Waals surface area contributed by atoms with Gasteiger partial charge in [-0.15, -0.1) is 0 Å². The van der Waals surface area contributed by atoms with Gasteiger partial charge >= 0.3 is 17.9 Å². The summed E-state index contributed by atoms with van der Waals surface area (Å²) in [6.45, 7) is 6.61. The molecule has 12 atom stereocenters. The third-order valence-corrected chi connectivity index (χ3v) is 10.1. The molecule has 0 unspecified atom stereocenters. The SMILES string of the molecule is C[C@@H]1C(=O)O[C@H]2[C@H](O)[C@@]34[C@@H]5OC(=O)[C@]3(O[C@@H]3OC(=O)[C@H](OCc6ccccc6)[C@]34[C@H](C(C)(C)C)[C@@H]5F)[C@@]12O. The Morgan fingerprint density at radius 2 is 1.71 bits per heavy atom. The smallest absolute Gasteiger partial charge is 0.343 e. The maximum atomic E-state index is 16.8. The molecule has 4 saturated heterocycles. The Bertz CT molecular complexity index is 1260. The summed E-state index contributed by atoms with van der Waals surface area (Å²) in [6, 6.07) is 9.00. The molecule has 6 aliphatic rings. The highest BCUT2D eigenvalue weighted by molar-refractivity contribution is 5.94. The van der Waals surface area contributed by atoms with Crippen molar-refractivity contribution in [2.24, 2.45) is 28.1 Å². The molecule has 6 fully saturated rings. The molecular weight excluding hydrogens is 503 g/mol. The van der Waals surface area contributed by atoms with Crippen molar-refractivity contribution >= 4 is 17.9 Å². The summed E-state index contributed by atoms with van der Waals surface area (Å²) in [7, 11) is 0. The zero-order valence-electron chi connectivity index (χ0n) is 21.3. The number of benzene rings is 1. The van der Waals surface area contributed by atoms with Gasteiger partial charge in [-0.25, -0.2) is 14.0 Å². The summed E-state index contributed by atoms with van der Waals surface area (Å²) in [4.78, 5) is 39.8. The molecule has 2 saturated carbocycles. The fraction of sp³-hybridized carbons (Fsp3) is 0.667. The van der Waals surface area contributed by atoms with Gasteiger partial charge in [0.25, 0.3) is 0 Å². The van der Waals surface area contributed by atoms with E-state index in [1.165, 1.54) is 6.92 Å². The first-order valence-corrected chi connectivity index (χ1v) is 12.8. The summed E-state index contributed by atoms with van der Waals surface area (Å²) in [5.41, 5.74) is -8.86. The van der Waals surface area contributed by atoms with E-state index in [9.17, 15) is 24.6 Å². The molecule has 2 spiro atoms. The topological polar surface area (TPSA) is 138 Å². The second kappa shape index (κ2) is 6.93. The lowest BCUT2D eigenvalue weighted by molar-refractivity contribution is -0.240. The molecule has 204 valence electrons. The van der Waals surface area contributed by atoms with Crippen LogP contribution in [-0.2, 0) is 44.7 Å². The first kappa shape index (κ1) is 24.4. The summed E-state index contributed by atoms with van der Waals surface area (Å²) in [6.07, 6.45) is -9.98. The van der Waals surface area contributed by atoms with Gasteiger partial charge in [-0.2, -0.15) is 0 Å². The number of esters is 3. The lowest BCUT2D eigenvalue weighted by Gasteiger charge is -2.48. The van der Waals surface area contributed by atoms with Crippen LogP contribution in [0.1, 0.15) is 33.3 Å². The van der Waals surface area contributed by atoms with E-state index in [1.807, 2.05) is 6.07 Å². The number of ether oxygens (including phenoxy) is 5. The van der Waals surface area contributed by atoms with Crippen LogP contribution in [-0.4, -0.2) is 76.2 Å². The van der Waals surface area contributed by atoms with Gasteiger partial charge in [-0.3, -0.25) is 4.79 Å². The number of aliphatic hydroxyl groups is 2. The number of hydrogen-bond donors (Lipinski definition) is 2. The van der Waals surface area contributed by atoms with Crippen LogP contribution in [0.25, 0.3) is 0 Å². The number of hydrogen-bond acceptors (Lipinski definition) is 10. The van der Waals surface area contributed by atoms with Crippen molar-refractivity contribution in [2.45, 2.75) is 82.4 Å². The van der Waals surface area contributed by atoms with E-state index in [2.05, 4.69) is 0 Å². The van der Waals surface area contributed by atoms with Crippen molar-refractivity contribution in [3.05, 3.63) is 35.9 Å². The Balaban J connectivity index is 1.50. The highest BCUT2D eigenvalue weighted by atomic mass is 19.1. The van der Waals surface area contributed by atoms with Crippen molar-refractivity contribution in [1.82, 2.24) is 0 Å². The van der Waals surface area contributed by atoms with Gasteiger partial charge in [0.2, 0.25) is 11.9 Å². The second-order valence-corrected chi connectivity index (χ2v) is 12.5. The van der Waals surface area contributed by atoms with Gasteiger partial charge in [0, 0.05) is 5.92 Å². The van der Waals surface area contributed by atoms with Gasteiger partial charge in [-0.05, 0) is 17.9 Å². The summed E-state index contributed by atoms with van der Waals surface area (Å²) in [5.74, 6) is -5.22. The number of aliphatic hydroxyl groups excluding tert-OH is 1. The van der Waals surface area contributed by atoms with E-state index in [0.717, 1.165) is 5.56 Å². The van der Waals surface area contributed by atoms with Crippen LogP contribution in [0.4, 0.5) is 4.39 Å². The Morgan fingerprint density at radius 3 is 2.37 bits per heavy atom. The first-order chi connectivity index (χ1) is 17.8. The van der Waals surface area contributed by atoms with Gasteiger partial charge in [0.1, 0.15) is 18.4 Å². The van der Waals surface area contributed by atoms with Crippen LogP contribution in [0, 0.1) is 28.1 Å². The van der Waals surface area contributed by atoms with Crippen LogP contribution in [0.15, 0.2) is 30.3 Å². The molecule has 0 aromatic heterocycles. The molecule has 1 aromatic rings. The van der Waals surface area contributed by atoms with Gasteiger partial charge < -0.3 is 33.9 Å². The molecule has 2 N–H and O–H groups in total. The van der Waals surface area contributed by atoms with Crippen LogP contribution < -0.4 is 0 Å². The van der Waals surface area contributed by atoms with E-state index in [0.29, 0.717) is 0 Å². The van der Waals surface area contributed by atoms with E-state index in [4.69, 9.17) is 23.7 Å². The van der Waals surface area contributed by atoms with Gasteiger partial charge in [-0.1, -0.05) is 51.1 Å². The van der Waals surface area contributed by atoms with Crippen molar-refractivity contribution in [1.29, 1.82) is 0 Å². The Labute approximate surface area is 217 Å². The van der Waals surface area contributed by atoms with Crippen molar-refractivity contribution in [3.8, 4) is 0 Å². The number of halogens is 1.